The van der Waals surface area contributed by atoms with Crippen LogP contribution in [-0.4, -0.2) is 42.7 Å². The second kappa shape index (κ2) is 8.19. The number of ether oxygens (including phenoxy) is 1. The molecule has 1 aliphatic rings. The minimum absolute atomic E-state index is 0.0237. The number of hydrogen-bond acceptors (Lipinski definition) is 5. The van der Waals surface area contributed by atoms with Crippen LogP contribution in [0.15, 0.2) is 48.5 Å². The fourth-order valence-electron chi connectivity index (χ4n) is 3.79. The van der Waals surface area contributed by atoms with Crippen LogP contribution in [-0.2, 0) is 9.84 Å². The van der Waals surface area contributed by atoms with Gasteiger partial charge in [0.25, 0.3) is 5.91 Å². The van der Waals surface area contributed by atoms with Crippen molar-refractivity contribution in [1.29, 1.82) is 0 Å². The lowest BCUT2D eigenvalue weighted by Gasteiger charge is -2.13. The van der Waals surface area contributed by atoms with E-state index >= 15 is 0 Å². The van der Waals surface area contributed by atoms with Gasteiger partial charge in [0.2, 0.25) is 0 Å². The quantitative estimate of drug-likeness (QED) is 0.653. The summed E-state index contributed by atoms with van der Waals surface area (Å²) in [7, 11) is -1.51. The summed E-state index contributed by atoms with van der Waals surface area (Å²) >= 11 is 0. The molecule has 0 aliphatic carbocycles. The molecule has 0 bridgehead atoms. The van der Waals surface area contributed by atoms with Gasteiger partial charge in [-0.3, -0.25) is 9.48 Å². The topological polar surface area (TPSA) is 90.3 Å². The highest BCUT2D eigenvalue weighted by molar-refractivity contribution is 7.91. The van der Waals surface area contributed by atoms with Crippen molar-refractivity contribution in [1.82, 2.24) is 9.78 Å². The summed E-state index contributed by atoms with van der Waals surface area (Å²) < 4.78 is 31.0. The Kier molecular flexibility index (Phi) is 5.58. The third-order valence-electron chi connectivity index (χ3n) is 5.55. The summed E-state index contributed by atoms with van der Waals surface area (Å²) in [6, 6.07) is 14.7. The van der Waals surface area contributed by atoms with Crippen LogP contribution in [0.5, 0.6) is 5.75 Å². The number of aryl methyl sites for hydroxylation is 2. The maximum atomic E-state index is 13.0. The summed E-state index contributed by atoms with van der Waals surface area (Å²) in [4.78, 5) is 13.0. The summed E-state index contributed by atoms with van der Waals surface area (Å²) in [5.41, 5.74) is 4.52. The molecule has 1 saturated heterocycles. The van der Waals surface area contributed by atoms with Gasteiger partial charge in [-0.05, 0) is 67.8 Å². The highest BCUT2D eigenvalue weighted by atomic mass is 32.2. The molecule has 8 heteroatoms. The summed E-state index contributed by atoms with van der Waals surface area (Å²) in [6.07, 6.45) is 0.477. The Labute approximate surface area is 182 Å². The second-order valence-corrected chi connectivity index (χ2v) is 10.1. The molecule has 162 valence electrons. The Bertz CT molecular complexity index is 1230. The van der Waals surface area contributed by atoms with Crippen LogP contribution in [0.3, 0.4) is 0 Å². The van der Waals surface area contributed by atoms with Gasteiger partial charge in [-0.1, -0.05) is 12.1 Å². The van der Waals surface area contributed by atoms with E-state index in [-0.39, 0.29) is 29.1 Å². The average molecular weight is 440 g/mol. The Morgan fingerprint density at radius 2 is 1.87 bits per heavy atom. The number of carbonyl (C=O) groups excluding carboxylic acids is 1. The molecule has 0 unspecified atom stereocenters. The lowest BCUT2D eigenvalue weighted by molar-refractivity contribution is 0.102. The van der Waals surface area contributed by atoms with Gasteiger partial charge in [0.05, 0.1) is 30.4 Å². The number of anilines is 1. The van der Waals surface area contributed by atoms with Gasteiger partial charge in [0.15, 0.2) is 15.5 Å². The SMILES string of the molecule is COc1ccc(-c2cc(C(=O)Nc3cc(C)ccc3C)nn2[C@@H]2CCS(=O)(=O)C2)cc1. The zero-order valence-corrected chi connectivity index (χ0v) is 18.6. The van der Waals surface area contributed by atoms with Crippen molar-refractivity contribution < 1.29 is 17.9 Å². The number of nitrogens with zero attached hydrogens (tertiary/aromatic N) is 2. The maximum absolute atomic E-state index is 13.0. The zero-order valence-electron chi connectivity index (χ0n) is 17.8. The standard InChI is InChI=1S/C23H25N3O4S/c1-15-4-5-16(2)20(12-15)24-23(27)21-13-22(17-6-8-19(30-3)9-7-17)26(25-21)18-10-11-31(28,29)14-18/h4-9,12-13,18H,10-11,14H2,1-3H3,(H,24,27)/t18-/m1/s1. The predicted molar refractivity (Wildman–Crippen MR) is 120 cm³/mol. The number of carbonyl (C=O) groups is 1. The number of aromatic nitrogens is 2. The average Bonchev–Trinajstić information content (AvgIpc) is 3.34. The molecule has 1 amide bonds. The molecule has 4 rings (SSSR count). The van der Waals surface area contributed by atoms with E-state index in [1.807, 2.05) is 56.3 Å². The Hall–Kier alpha value is -3.13. The third-order valence-corrected chi connectivity index (χ3v) is 7.30. The van der Waals surface area contributed by atoms with E-state index in [0.29, 0.717) is 17.9 Å². The minimum Gasteiger partial charge on any atom is -0.497 e. The number of sulfone groups is 1. The van der Waals surface area contributed by atoms with E-state index < -0.39 is 9.84 Å². The smallest absolute Gasteiger partial charge is 0.276 e. The van der Waals surface area contributed by atoms with Crippen molar-refractivity contribution in [3.05, 3.63) is 65.4 Å². The first-order valence-electron chi connectivity index (χ1n) is 10.1. The number of rotatable bonds is 5. The fourth-order valence-corrected chi connectivity index (χ4v) is 5.48. The largest absolute Gasteiger partial charge is 0.497 e. The van der Waals surface area contributed by atoms with Crippen molar-refractivity contribution in [3.63, 3.8) is 0 Å². The van der Waals surface area contributed by atoms with Crippen molar-refractivity contribution >= 4 is 21.4 Å². The van der Waals surface area contributed by atoms with Crippen molar-refractivity contribution in [2.45, 2.75) is 26.3 Å². The van der Waals surface area contributed by atoms with Crippen molar-refractivity contribution in [2.24, 2.45) is 0 Å². The summed E-state index contributed by atoms with van der Waals surface area (Å²) in [5, 5.41) is 7.47. The van der Waals surface area contributed by atoms with Gasteiger partial charge in [-0.25, -0.2) is 8.42 Å². The molecule has 31 heavy (non-hydrogen) atoms. The lowest BCUT2D eigenvalue weighted by atomic mass is 10.1. The molecule has 2 aromatic carbocycles. The van der Waals surface area contributed by atoms with Crippen LogP contribution in [0.25, 0.3) is 11.3 Å². The predicted octanol–water partition coefficient (Wildman–Crippen LogP) is 3.79. The van der Waals surface area contributed by atoms with Gasteiger partial charge >= 0.3 is 0 Å². The summed E-state index contributed by atoms with van der Waals surface area (Å²) in [5.74, 6) is 0.536. The van der Waals surface area contributed by atoms with Gasteiger partial charge in [-0.15, -0.1) is 0 Å². The van der Waals surface area contributed by atoms with Crippen LogP contribution in [0, 0.1) is 13.8 Å². The van der Waals surface area contributed by atoms with Crippen LogP contribution >= 0.6 is 0 Å². The van der Waals surface area contributed by atoms with Crippen LogP contribution < -0.4 is 10.1 Å². The molecule has 1 aromatic heterocycles. The van der Waals surface area contributed by atoms with Crippen molar-refractivity contribution in [3.8, 4) is 17.0 Å². The van der Waals surface area contributed by atoms with Gasteiger partial charge in [-0.2, -0.15) is 5.10 Å². The highest BCUT2D eigenvalue weighted by Gasteiger charge is 2.32. The molecular formula is C23H25N3O4S. The molecule has 1 fully saturated rings. The van der Waals surface area contributed by atoms with E-state index in [4.69, 9.17) is 4.74 Å². The molecule has 3 aromatic rings. The van der Waals surface area contributed by atoms with Gasteiger partial charge < -0.3 is 10.1 Å². The molecule has 1 aliphatic heterocycles. The Morgan fingerprint density at radius 3 is 2.52 bits per heavy atom. The number of nitrogens with one attached hydrogen (secondary N) is 1. The normalized spacial score (nSPS) is 17.5. The van der Waals surface area contributed by atoms with Gasteiger partial charge in [0, 0.05) is 11.3 Å². The van der Waals surface area contributed by atoms with Gasteiger partial charge in [0.1, 0.15) is 5.75 Å². The first-order valence-corrected chi connectivity index (χ1v) is 11.9. The lowest BCUT2D eigenvalue weighted by Crippen LogP contribution is -2.17. The van der Waals surface area contributed by atoms with Crippen LogP contribution in [0.2, 0.25) is 0 Å². The van der Waals surface area contributed by atoms with E-state index in [9.17, 15) is 13.2 Å². The number of amides is 1. The van der Waals surface area contributed by atoms with E-state index in [2.05, 4.69) is 10.4 Å². The van der Waals surface area contributed by atoms with Crippen LogP contribution in [0.4, 0.5) is 5.69 Å². The molecule has 0 radical (unpaired) electrons. The van der Waals surface area contributed by atoms with Crippen molar-refractivity contribution in [2.75, 3.05) is 23.9 Å². The first-order chi connectivity index (χ1) is 14.8. The number of hydrogen-bond donors (Lipinski definition) is 1. The number of benzene rings is 2. The molecule has 0 saturated carbocycles. The first kappa shape index (κ1) is 21.1. The third kappa shape index (κ3) is 4.49. The highest BCUT2D eigenvalue weighted by Crippen LogP contribution is 2.31. The minimum atomic E-state index is -3.10. The van der Waals surface area contributed by atoms with E-state index in [1.54, 1.807) is 17.9 Å². The maximum Gasteiger partial charge on any atom is 0.276 e. The molecule has 7 nitrogen and oxygen atoms in total. The molecule has 1 N–H and O–H groups in total. The molecule has 2 heterocycles. The zero-order chi connectivity index (χ0) is 22.2. The summed E-state index contributed by atoms with van der Waals surface area (Å²) in [6.45, 7) is 3.89. The Balaban J connectivity index is 1.71. The Morgan fingerprint density at radius 1 is 1.13 bits per heavy atom. The van der Waals surface area contributed by atoms with E-state index in [0.717, 1.165) is 22.4 Å². The monoisotopic (exact) mass is 439 g/mol. The molecular weight excluding hydrogens is 414 g/mol. The second-order valence-electron chi connectivity index (χ2n) is 7.92. The fraction of sp³-hybridized carbons (Fsp3) is 0.304. The molecule has 0 spiro atoms. The number of methoxy groups -OCH3 is 1. The van der Waals surface area contributed by atoms with E-state index in [1.165, 1.54) is 0 Å². The van der Waals surface area contributed by atoms with Crippen LogP contribution in [0.1, 0.15) is 34.1 Å². The molecule has 1 atom stereocenters.